The molecule has 1 heterocycles. The summed E-state index contributed by atoms with van der Waals surface area (Å²) in [6.45, 7) is 0.706. The highest BCUT2D eigenvalue weighted by molar-refractivity contribution is 9.10. The standard InChI is InChI=1S/C17H14BrN3/c1-21-11-12(6-17(21)9-19)10-20-16-5-3-13-7-15(18)4-2-14(13)8-16/h2-8,11,20H,10H2,1H3. The summed E-state index contributed by atoms with van der Waals surface area (Å²) in [5.41, 5.74) is 2.85. The third-order valence-electron chi connectivity index (χ3n) is 3.48. The van der Waals surface area contributed by atoms with E-state index in [-0.39, 0.29) is 0 Å². The molecule has 0 fully saturated rings. The molecule has 0 amide bonds. The van der Waals surface area contributed by atoms with Gasteiger partial charge in [-0.3, -0.25) is 0 Å². The van der Waals surface area contributed by atoms with Crippen LogP contribution in [0.5, 0.6) is 0 Å². The van der Waals surface area contributed by atoms with Gasteiger partial charge in [0.2, 0.25) is 0 Å². The molecule has 3 nitrogen and oxygen atoms in total. The van der Waals surface area contributed by atoms with Gasteiger partial charge in [0.1, 0.15) is 11.8 Å². The van der Waals surface area contributed by atoms with E-state index in [1.807, 2.05) is 29.9 Å². The second-order valence-electron chi connectivity index (χ2n) is 5.02. The van der Waals surface area contributed by atoms with Crippen molar-refractivity contribution in [3.05, 3.63) is 64.4 Å². The Labute approximate surface area is 131 Å². The molecule has 4 heteroatoms. The number of nitrogens with zero attached hydrogens (tertiary/aromatic N) is 2. The molecule has 3 aromatic rings. The third-order valence-corrected chi connectivity index (χ3v) is 3.97. The number of nitrogens with one attached hydrogen (secondary N) is 1. The average Bonchev–Trinajstić information content (AvgIpc) is 2.85. The Morgan fingerprint density at radius 3 is 2.67 bits per heavy atom. The molecular weight excluding hydrogens is 326 g/mol. The van der Waals surface area contributed by atoms with Gasteiger partial charge in [-0.1, -0.05) is 28.1 Å². The Bertz CT molecular complexity index is 843. The molecule has 0 saturated heterocycles. The molecule has 0 aliphatic rings. The largest absolute Gasteiger partial charge is 0.381 e. The lowest BCUT2D eigenvalue weighted by atomic mass is 10.1. The van der Waals surface area contributed by atoms with Crippen molar-refractivity contribution in [1.82, 2.24) is 4.57 Å². The van der Waals surface area contributed by atoms with Crippen molar-refractivity contribution in [2.75, 3.05) is 5.32 Å². The lowest BCUT2D eigenvalue weighted by Crippen LogP contribution is -1.98. The second-order valence-corrected chi connectivity index (χ2v) is 5.93. The van der Waals surface area contributed by atoms with Crippen LogP contribution in [0.25, 0.3) is 10.8 Å². The molecule has 104 valence electrons. The predicted molar refractivity (Wildman–Crippen MR) is 89.1 cm³/mol. The van der Waals surface area contributed by atoms with Gasteiger partial charge >= 0.3 is 0 Å². The molecule has 0 spiro atoms. The van der Waals surface area contributed by atoms with E-state index >= 15 is 0 Å². The van der Waals surface area contributed by atoms with Crippen LogP contribution in [0.1, 0.15) is 11.3 Å². The molecule has 21 heavy (non-hydrogen) atoms. The van der Waals surface area contributed by atoms with Crippen molar-refractivity contribution in [3.63, 3.8) is 0 Å². The zero-order chi connectivity index (χ0) is 14.8. The summed E-state index contributed by atoms with van der Waals surface area (Å²) in [5, 5.41) is 14.8. The van der Waals surface area contributed by atoms with E-state index in [0.29, 0.717) is 12.2 Å². The van der Waals surface area contributed by atoms with Crippen molar-refractivity contribution in [3.8, 4) is 6.07 Å². The SMILES string of the molecule is Cn1cc(CNc2ccc3cc(Br)ccc3c2)cc1C#N. The first-order valence-electron chi connectivity index (χ1n) is 6.64. The number of rotatable bonds is 3. The van der Waals surface area contributed by atoms with Crippen LogP contribution in [0.2, 0.25) is 0 Å². The quantitative estimate of drug-likeness (QED) is 0.767. The highest BCUT2D eigenvalue weighted by atomic mass is 79.9. The van der Waals surface area contributed by atoms with E-state index in [9.17, 15) is 0 Å². The van der Waals surface area contributed by atoms with Gasteiger partial charge in [-0.05, 0) is 46.7 Å². The molecule has 0 radical (unpaired) electrons. The van der Waals surface area contributed by atoms with Crippen molar-refractivity contribution < 1.29 is 0 Å². The molecule has 3 rings (SSSR count). The number of hydrogen-bond donors (Lipinski definition) is 1. The van der Waals surface area contributed by atoms with Gasteiger partial charge in [-0.15, -0.1) is 0 Å². The Hall–Kier alpha value is -2.25. The van der Waals surface area contributed by atoms with E-state index in [4.69, 9.17) is 5.26 Å². The fraction of sp³-hybridized carbons (Fsp3) is 0.118. The molecule has 0 unspecified atom stereocenters. The lowest BCUT2D eigenvalue weighted by molar-refractivity contribution is 0.902. The van der Waals surface area contributed by atoms with E-state index in [1.165, 1.54) is 10.8 Å². The van der Waals surface area contributed by atoms with Crippen LogP contribution in [0.4, 0.5) is 5.69 Å². The number of hydrogen-bond acceptors (Lipinski definition) is 2. The normalized spacial score (nSPS) is 10.5. The number of benzene rings is 2. The van der Waals surface area contributed by atoms with Crippen LogP contribution >= 0.6 is 15.9 Å². The minimum Gasteiger partial charge on any atom is -0.381 e. The van der Waals surface area contributed by atoms with Crippen molar-refractivity contribution >= 4 is 32.4 Å². The summed E-state index contributed by atoms with van der Waals surface area (Å²) in [6.07, 6.45) is 1.98. The molecule has 1 aromatic heterocycles. The topological polar surface area (TPSA) is 40.8 Å². The molecule has 0 atom stereocenters. The maximum atomic E-state index is 8.96. The zero-order valence-electron chi connectivity index (χ0n) is 11.6. The van der Waals surface area contributed by atoms with Crippen molar-refractivity contribution in [2.24, 2.45) is 7.05 Å². The number of aromatic nitrogens is 1. The minimum absolute atomic E-state index is 0.676. The highest BCUT2D eigenvalue weighted by Crippen LogP contribution is 2.23. The first kappa shape index (κ1) is 13.7. The molecule has 2 aromatic carbocycles. The summed E-state index contributed by atoms with van der Waals surface area (Å²) >= 11 is 3.48. The number of nitriles is 1. The molecule has 0 aliphatic carbocycles. The monoisotopic (exact) mass is 339 g/mol. The van der Waals surface area contributed by atoms with Gasteiger partial charge in [0.25, 0.3) is 0 Å². The van der Waals surface area contributed by atoms with Crippen LogP contribution in [0.3, 0.4) is 0 Å². The summed E-state index contributed by atoms with van der Waals surface area (Å²) in [5.74, 6) is 0. The van der Waals surface area contributed by atoms with E-state index in [0.717, 1.165) is 15.7 Å². The van der Waals surface area contributed by atoms with Gasteiger partial charge in [-0.25, -0.2) is 0 Å². The highest BCUT2D eigenvalue weighted by Gasteiger charge is 2.02. The molecule has 0 bridgehead atoms. The summed E-state index contributed by atoms with van der Waals surface area (Å²) in [4.78, 5) is 0. The second kappa shape index (κ2) is 5.63. The maximum Gasteiger partial charge on any atom is 0.120 e. The van der Waals surface area contributed by atoms with Gasteiger partial charge in [0.05, 0.1) is 0 Å². The predicted octanol–water partition coefficient (Wildman–Crippen LogP) is 4.42. The van der Waals surface area contributed by atoms with Crippen molar-refractivity contribution in [2.45, 2.75) is 6.54 Å². The van der Waals surface area contributed by atoms with Crippen LogP contribution < -0.4 is 5.32 Å². The van der Waals surface area contributed by atoms with Gasteiger partial charge in [0.15, 0.2) is 0 Å². The summed E-state index contributed by atoms with van der Waals surface area (Å²) in [7, 11) is 1.88. The molecule has 1 N–H and O–H groups in total. The van der Waals surface area contributed by atoms with E-state index in [2.05, 4.69) is 57.6 Å². The van der Waals surface area contributed by atoms with E-state index in [1.54, 1.807) is 0 Å². The Balaban J connectivity index is 1.78. The number of aryl methyl sites for hydroxylation is 1. The van der Waals surface area contributed by atoms with Crippen molar-refractivity contribution in [1.29, 1.82) is 5.26 Å². The molecule has 0 saturated carbocycles. The fourth-order valence-corrected chi connectivity index (χ4v) is 2.75. The van der Waals surface area contributed by atoms with Crippen LogP contribution in [-0.4, -0.2) is 4.57 Å². The van der Waals surface area contributed by atoms with Gasteiger partial charge in [-0.2, -0.15) is 5.26 Å². The molecule has 0 aliphatic heterocycles. The van der Waals surface area contributed by atoms with Crippen LogP contribution in [-0.2, 0) is 13.6 Å². The average molecular weight is 340 g/mol. The van der Waals surface area contributed by atoms with Crippen LogP contribution in [0, 0.1) is 11.3 Å². The number of halogens is 1. The van der Waals surface area contributed by atoms with Gasteiger partial charge < -0.3 is 9.88 Å². The van der Waals surface area contributed by atoms with Gasteiger partial charge in [0, 0.05) is 29.9 Å². The third kappa shape index (κ3) is 2.93. The maximum absolute atomic E-state index is 8.96. The Kier molecular flexibility index (Phi) is 3.68. The Morgan fingerprint density at radius 2 is 1.90 bits per heavy atom. The molecular formula is C17H14BrN3. The minimum atomic E-state index is 0.676. The Morgan fingerprint density at radius 1 is 1.14 bits per heavy atom. The zero-order valence-corrected chi connectivity index (χ0v) is 13.2. The number of fused-ring (bicyclic) bond motifs is 1. The summed E-state index contributed by atoms with van der Waals surface area (Å²) < 4.78 is 2.93. The number of anilines is 1. The van der Waals surface area contributed by atoms with Crippen LogP contribution in [0.15, 0.2) is 53.1 Å². The fourth-order valence-electron chi connectivity index (χ4n) is 2.37. The first-order valence-corrected chi connectivity index (χ1v) is 7.43. The summed E-state index contributed by atoms with van der Waals surface area (Å²) in [6, 6.07) is 16.6. The van der Waals surface area contributed by atoms with E-state index < -0.39 is 0 Å². The lowest BCUT2D eigenvalue weighted by Gasteiger charge is -2.07. The first-order chi connectivity index (χ1) is 10.2. The smallest absolute Gasteiger partial charge is 0.120 e.